The number of aromatic nitrogens is 2. The highest BCUT2D eigenvalue weighted by molar-refractivity contribution is 6.31. The fourth-order valence-electron chi connectivity index (χ4n) is 3.66. The molecule has 1 aromatic heterocycles. The van der Waals surface area contributed by atoms with E-state index in [0.29, 0.717) is 47.2 Å². The normalized spacial score (nSPS) is 16.1. The van der Waals surface area contributed by atoms with Gasteiger partial charge in [-0.25, -0.2) is 14.4 Å². The number of nitrogens with zero attached hydrogens (tertiary/aromatic N) is 3. The first-order valence-corrected chi connectivity index (χ1v) is 11.7. The van der Waals surface area contributed by atoms with Gasteiger partial charge in [0, 0.05) is 41.9 Å². The topological polar surface area (TPSA) is 79.4 Å². The minimum atomic E-state index is -0.499. The van der Waals surface area contributed by atoms with Crippen LogP contribution in [0, 0.1) is 11.7 Å². The van der Waals surface area contributed by atoms with Crippen LogP contribution in [0.15, 0.2) is 54.9 Å². The number of amides is 1. The second kappa shape index (κ2) is 11.4. The number of carbonyl (C=O) groups is 1. The summed E-state index contributed by atoms with van der Waals surface area (Å²) in [4.78, 5) is 23.4. The molecule has 0 bridgehead atoms. The number of halogens is 2. The van der Waals surface area contributed by atoms with Crippen LogP contribution in [0.1, 0.15) is 12.0 Å². The highest BCUT2D eigenvalue weighted by Gasteiger charge is 2.14. The zero-order chi connectivity index (χ0) is 24.8. The van der Waals surface area contributed by atoms with Gasteiger partial charge in [-0.3, -0.25) is 4.79 Å². The van der Waals surface area contributed by atoms with Gasteiger partial charge in [-0.15, -0.1) is 0 Å². The molecule has 9 heteroatoms. The average molecular weight is 496 g/mol. The molecule has 1 aliphatic heterocycles. The number of hydrogen-bond acceptors (Lipinski definition) is 6. The smallest absolute Gasteiger partial charge is 0.248 e. The fraction of sp³-hybridized carbons (Fsp3) is 0.269. The van der Waals surface area contributed by atoms with Crippen LogP contribution in [0.3, 0.4) is 0 Å². The maximum absolute atomic E-state index is 13.6. The van der Waals surface area contributed by atoms with Crippen LogP contribution >= 0.6 is 11.6 Å². The van der Waals surface area contributed by atoms with E-state index in [-0.39, 0.29) is 10.9 Å². The van der Waals surface area contributed by atoms with E-state index in [1.54, 1.807) is 12.1 Å². The number of ether oxygens (including phenoxy) is 1. The summed E-state index contributed by atoms with van der Waals surface area (Å²) in [6, 6.07) is 8.10. The summed E-state index contributed by atoms with van der Waals surface area (Å²) >= 11 is 5.93. The van der Waals surface area contributed by atoms with Gasteiger partial charge in [-0.2, -0.15) is 0 Å². The average Bonchev–Trinajstić information content (AvgIpc) is 3.34. The number of anilines is 3. The second-order valence-electron chi connectivity index (χ2n) is 8.57. The summed E-state index contributed by atoms with van der Waals surface area (Å²) in [6.07, 6.45) is 9.84. The van der Waals surface area contributed by atoms with Crippen LogP contribution in [-0.4, -0.2) is 54.6 Å². The molecule has 2 aromatic carbocycles. The Balaban J connectivity index is 1.69. The second-order valence-corrected chi connectivity index (χ2v) is 8.98. The third kappa shape index (κ3) is 6.63. The lowest BCUT2D eigenvalue weighted by atomic mass is 10.0. The van der Waals surface area contributed by atoms with Gasteiger partial charge in [0.1, 0.15) is 18.0 Å². The summed E-state index contributed by atoms with van der Waals surface area (Å²) in [5.41, 5.74) is 2.73. The largest absolute Gasteiger partial charge is 0.381 e. The van der Waals surface area contributed by atoms with Gasteiger partial charge in [-0.1, -0.05) is 29.8 Å². The van der Waals surface area contributed by atoms with Crippen molar-refractivity contribution in [3.05, 3.63) is 71.3 Å². The molecule has 0 radical (unpaired) electrons. The predicted octanol–water partition coefficient (Wildman–Crippen LogP) is 5.27. The van der Waals surface area contributed by atoms with Crippen molar-refractivity contribution in [2.45, 2.75) is 6.42 Å². The van der Waals surface area contributed by atoms with Crippen molar-refractivity contribution in [1.29, 1.82) is 0 Å². The van der Waals surface area contributed by atoms with E-state index in [2.05, 4.69) is 26.7 Å². The third-order valence-corrected chi connectivity index (χ3v) is 5.79. The molecule has 1 unspecified atom stereocenters. The van der Waals surface area contributed by atoms with E-state index < -0.39 is 5.82 Å². The molecule has 0 aliphatic carbocycles. The first-order chi connectivity index (χ1) is 16.9. The molecule has 4 rings (SSSR count). The van der Waals surface area contributed by atoms with Crippen molar-refractivity contribution in [2.24, 2.45) is 5.92 Å². The van der Waals surface area contributed by atoms with Gasteiger partial charge in [-0.05, 0) is 56.4 Å². The quantitative estimate of drug-likeness (QED) is 0.414. The number of nitrogens with one attached hydrogen (secondary N) is 2. The number of rotatable bonds is 8. The van der Waals surface area contributed by atoms with Gasteiger partial charge in [0.2, 0.25) is 5.91 Å². The lowest BCUT2D eigenvalue weighted by Gasteiger charge is -2.13. The Bertz CT molecular complexity index is 1270. The molecule has 2 N–H and O–H groups in total. The Morgan fingerprint density at radius 1 is 1.29 bits per heavy atom. The predicted molar refractivity (Wildman–Crippen MR) is 139 cm³/mol. The first kappa shape index (κ1) is 24.8. The lowest BCUT2D eigenvalue weighted by Crippen LogP contribution is -2.13. The number of likely N-dealkylation sites (N-methyl/N-ethyl adjacent to an activating group) is 1. The Labute approximate surface area is 208 Å². The zero-order valence-corrected chi connectivity index (χ0v) is 20.3. The Hall–Kier alpha value is -3.33. The molecular weight excluding hydrogens is 469 g/mol. The van der Waals surface area contributed by atoms with Crippen molar-refractivity contribution >= 4 is 51.7 Å². The Kier molecular flexibility index (Phi) is 8.07. The Morgan fingerprint density at radius 3 is 2.89 bits per heavy atom. The minimum Gasteiger partial charge on any atom is -0.381 e. The molecule has 0 spiro atoms. The maximum Gasteiger partial charge on any atom is 0.248 e. The molecule has 0 saturated carbocycles. The van der Waals surface area contributed by atoms with Crippen molar-refractivity contribution < 1.29 is 13.9 Å². The summed E-state index contributed by atoms with van der Waals surface area (Å²) in [5.74, 6) is 0.110. The summed E-state index contributed by atoms with van der Waals surface area (Å²) < 4.78 is 19.0. The molecule has 7 nitrogen and oxygen atoms in total. The zero-order valence-electron chi connectivity index (χ0n) is 19.6. The monoisotopic (exact) mass is 495 g/mol. The first-order valence-electron chi connectivity index (χ1n) is 11.3. The van der Waals surface area contributed by atoms with Crippen molar-refractivity contribution in [3.8, 4) is 0 Å². The van der Waals surface area contributed by atoms with Gasteiger partial charge < -0.3 is 20.3 Å². The van der Waals surface area contributed by atoms with Crippen LogP contribution in [0.25, 0.3) is 17.0 Å². The molecule has 35 heavy (non-hydrogen) atoms. The van der Waals surface area contributed by atoms with Crippen LogP contribution in [0.2, 0.25) is 5.02 Å². The lowest BCUT2D eigenvalue weighted by molar-refractivity contribution is -0.111. The van der Waals surface area contributed by atoms with Crippen molar-refractivity contribution in [1.82, 2.24) is 14.9 Å². The molecule has 1 saturated heterocycles. The molecule has 1 aliphatic rings. The van der Waals surface area contributed by atoms with E-state index >= 15 is 0 Å². The maximum atomic E-state index is 13.6. The van der Waals surface area contributed by atoms with E-state index in [4.69, 9.17) is 16.3 Å². The van der Waals surface area contributed by atoms with E-state index in [1.165, 1.54) is 24.5 Å². The van der Waals surface area contributed by atoms with Gasteiger partial charge in [0.15, 0.2) is 0 Å². The van der Waals surface area contributed by atoms with Crippen LogP contribution in [-0.2, 0) is 9.53 Å². The van der Waals surface area contributed by atoms with E-state index in [0.717, 1.165) is 18.6 Å². The molecule has 1 amide bonds. The highest BCUT2D eigenvalue weighted by Crippen LogP contribution is 2.31. The van der Waals surface area contributed by atoms with Gasteiger partial charge >= 0.3 is 0 Å². The van der Waals surface area contributed by atoms with Gasteiger partial charge in [0.05, 0.1) is 17.1 Å². The summed E-state index contributed by atoms with van der Waals surface area (Å²) in [6.45, 7) is 2.10. The summed E-state index contributed by atoms with van der Waals surface area (Å²) in [7, 11) is 3.87. The van der Waals surface area contributed by atoms with E-state index in [1.807, 2.05) is 37.2 Å². The van der Waals surface area contributed by atoms with Crippen LogP contribution in [0.5, 0.6) is 0 Å². The van der Waals surface area contributed by atoms with Gasteiger partial charge in [0.25, 0.3) is 0 Å². The molecule has 182 valence electrons. The molecule has 3 aromatic rings. The SMILES string of the molecule is CN(C)C/C=C/C(=O)Nc1cc2c(Nc3ccc(F)c(Cl)c3)ncnc2cc1/C=C/C1CCOC1. The number of benzene rings is 2. The molecule has 1 atom stereocenters. The highest BCUT2D eigenvalue weighted by atomic mass is 35.5. The molecule has 2 heterocycles. The van der Waals surface area contributed by atoms with E-state index in [9.17, 15) is 9.18 Å². The number of carbonyl (C=O) groups excluding carboxylic acids is 1. The number of hydrogen-bond donors (Lipinski definition) is 2. The van der Waals surface area contributed by atoms with Crippen molar-refractivity contribution in [3.63, 3.8) is 0 Å². The van der Waals surface area contributed by atoms with Crippen LogP contribution < -0.4 is 10.6 Å². The minimum absolute atomic E-state index is 0.00846. The van der Waals surface area contributed by atoms with Crippen molar-refractivity contribution in [2.75, 3.05) is 44.5 Å². The number of fused-ring (bicyclic) bond motifs is 1. The fourth-order valence-corrected chi connectivity index (χ4v) is 3.85. The summed E-state index contributed by atoms with van der Waals surface area (Å²) in [5, 5.41) is 6.85. The standard InChI is InChI=1S/C26H27ClFN5O2/c1-33(2)10-3-4-25(34)32-23-14-20-24(12-18(23)6-5-17-9-11-35-15-17)29-16-30-26(20)31-19-7-8-22(28)21(27)13-19/h3-8,12-14,16-17H,9-11,15H2,1-2H3,(H,32,34)(H,29,30,31)/b4-3+,6-5+. The molecule has 1 fully saturated rings. The molecular formula is C26H27ClFN5O2. The van der Waals surface area contributed by atoms with Crippen LogP contribution in [0.4, 0.5) is 21.6 Å². The third-order valence-electron chi connectivity index (χ3n) is 5.50. The Morgan fingerprint density at radius 2 is 2.14 bits per heavy atom.